The molecule has 5 heteroatoms. The fourth-order valence-electron chi connectivity index (χ4n) is 3.04. The standard InChI is InChI=1S/C22H18ClN3O/c1-15-5-4-12-26-14-20(25-22(15)26)16-8-10-18(11-9-16)24-21(27)13-17-6-2-3-7-19(17)23/h2-12,14H,13H2,1H3,(H,24,27). The highest BCUT2D eigenvalue weighted by Gasteiger charge is 2.09. The molecule has 0 bridgehead atoms. The second-order valence-electron chi connectivity index (χ2n) is 6.44. The number of nitrogens with zero attached hydrogens (tertiary/aromatic N) is 2. The van der Waals surface area contributed by atoms with Gasteiger partial charge < -0.3 is 9.72 Å². The van der Waals surface area contributed by atoms with Gasteiger partial charge in [-0.15, -0.1) is 0 Å². The summed E-state index contributed by atoms with van der Waals surface area (Å²) in [7, 11) is 0. The fraction of sp³-hybridized carbons (Fsp3) is 0.0909. The highest BCUT2D eigenvalue weighted by Crippen LogP contribution is 2.23. The summed E-state index contributed by atoms with van der Waals surface area (Å²) in [5.41, 5.74) is 5.54. The van der Waals surface area contributed by atoms with Crippen molar-refractivity contribution in [3.05, 3.63) is 89.2 Å². The predicted molar refractivity (Wildman–Crippen MR) is 109 cm³/mol. The number of rotatable bonds is 4. The first-order valence-electron chi connectivity index (χ1n) is 8.68. The molecule has 2 heterocycles. The number of benzene rings is 2. The molecule has 4 rings (SSSR count). The third-order valence-corrected chi connectivity index (χ3v) is 4.82. The lowest BCUT2D eigenvalue weighted by Gasteiger charge is -2.07. The van der Waals surface area contributed by atoms with Crippen molar-refractivity contribution in [2.45, 2.75) is 13.3 Å². The van der Waals surface area contributed by atoms with Gasteiger partial charge in [0.2, 0.25) is 5.91 Å². The molecule has 0 aliphatic heterocycles. The van der Waals surface area contributed by atoms with Crippen molar-refractivity contribution in [1.29, 1.82) is 0 Å². The van der Waals surface area contributed by atoms with Gasteiger partial charge in [-0.1, -0.05) is 48.0 Å². The van der Waals surface area contributed by atoms with E-state index in [1.54, 1.807) is 6.07 Å². The van der Waals surface area contributed by atoms with E-state index in [-0.39, 0.29) is 12.3 Å². The SMILES string of the molecule is Cc1cccn2cc(-c3ccc(NC(=O)Cc4ccccc4Cl)cc3)nc12. The summed E-state index contributed by atoms with van der Waals surface area (Å²) in [5.74, 6) is -0.0980. The number of aromatic nitrogens is 2. The number of aryl methyl sites for hydroxylation is 1. The topological polar surface area (TPSA) is 46.4 Å². The Hall–Kier alpha value is -3.11. The zero-order chi connectivity index (χ0) is 18.8. The molecule has 0 aliphatic carbocycles. The van der Waals surface area contributed by atoms with Gasteiger partial charge in [0.25, 0.3) is 0 Å². The number of carbonyl (C=O) groups excluding carboxylic acids is 1. The Morgan fingerprint density at radius 3 is 2.59 bits per heavy atom. The minimum atomic E-state index is -0.0980. The Labute approximate surface area is 162 Å². The number of halogens is 1. The third kappa shape index (κ3) is 3.71. The monoisotopic (exact) mass is 375 g/mol. The molecule has 1 amide bonds. The third-order valence-electron chi connectivity index (χ3n) is 4.45. The van der Waals surface area contributed by atoms with Crippen LogP contribution in [-0.2, 0) is 11.2 Å². The normalized spacial score (nSPS) is 10.9. The van der Waals surface area contributed by atoms with Crippen LogP contribution in [0, 0.1) is 6.92 Å². The minimum Gasteiger partial charge on any atom is -0.326 e. The first-order valence-corrected chi connectivity index (χ1v) is 9.06. The summed E-state index contributed by atoms with van der Waals surface area (Å²) in [6.07, 6.45) is 4.24. The number of carbonyl (C=O) groups is 1. The molecule has 0 saturated heterocycles. The van der Waals surface area contributed by atoms with Gasteiger partial charge in [-0.05, 0) is 42.3 Å². The molecule has 0 aliphatic rings. The van der Waals surface area contributed by atoms with Crippen LogP contribution in [0.15, 0.2) is 73.1 Å². The number of imidazole rings is 1. The lowest BCUT2D eigenvalue weighted by Crippen LogP contribution is -2.14. The first-order chi connectivity index (χ1) is 13.1. The Morgan fingerprint density at radius 2 is 1.85 bits per heavy atom. The van der Waals surface area contributed by atoms with Crippen LogP contribution in [0.5, 0.6) is 0 Å². The minimum absolute atomic E-state index is 0.0980. The van der Waals surface area contributed by atoms with E-state index in [1.165, 1.54) is 0 Å². The molecular formula is C22H18ClN3O. The van der Waals surface area contributed by atoms with Crippen molar-refractivity contribution in [1.82, 2.24) is 9.38 Å². The van der Waals surface area contributed by atoms with Crippen molar-refractivity contribution < 1.29 is 4.79 Å². The van der Waals surface area contributed by atoms with Crippen LogP contribution in [0.4, 0.5) is 5.69 Å². The molecule has 2 aromatic heterocycles. The lowest BCUT2D eigenvalue weighted by atomic mass is 10.1. The second kappa shape index (κ2) is 7.25. The van der Waals surface area contributed by atoms with Crippen molar-refractivity contribution in [2.24, 2.45) is 0 Å². The maximum atomic E-state index is 12.3. The molecule has 4 aromatic rings. The Bertz CT molecular complexity index is 1120. The number of hydrogen-bond acceptors (Lipinski definition) is 2. The van der Waals surface area contributed by atoms with Crippen LogP contribution < -0.4 is 5.32 Å². The van der Waals surface area contributed by atoms with E-state index < -0.39 is 0 Å². The van der Waals surface area contributed by atoms with Crippen molar-refractivity contribution in [3.8, 4) is 11.3 Å². The number of pyridine rings is 1. The number of amides is 1. The number of anilines is 1. The Kier molecular flexibility index (Phi) is 4.65. The quantitative estimate of drug-likeness (QED) is 0.536. The van der Waals surface area contributed by atoms with Crippen molar-refractivity contribution >= 4 is 28.8 Å². The van der Waals surface area contributed by atoms with E-state index in [4.69, 9.17) is 16.6 Å². The number of hydrogen-bond donors (Lipinski definition) is 1. The highest BCUT2D eigenvalue weighted by atomic mass is 35.5. The first kappa shape index (κ1) is 17.3. The molecule has 4 nitrogen and oxygen atoms in total. The van der Waals surface area contributed by atoms with E-state index >= 15 is 0 Å². The molecule has 0 unspecified atom stereocenters. The van der Waals surface area contributed by atoms with Gasteiger partial charge in [0.15, 0.2) is 0 Å². The summed E-state index contributed by atoms with van der Waals surface area (Å²) < 4.78 is 2.02. The van der Waals surface area contributed by atoms with Crippen LogP contribution in [0.1, 0.15) is 11.1 Å². The van der Waals surface area contributed by atoms with Gasteiger partial charge >= 0.3 is 0 Å². The molecule has 134 valence electrons. The van der Waals surface area contributed by atoms with Gasteiger partial charge in [0.1, 0.15) is 5.65 Å². The smallest absolute Gasteiger partial charge is 0.228 e. The molecule has 2 aromatic carbocycles. The molecule has 0 radical (unpaired) electrons. The van der Waals surface area contributed by atoms with Gasteiger partial charge in [-0.25, -0.2) is 4.98 Å². The van der Waals surface area contributed by atoms with Gasteiger partial charge in [0.05, 0.1) is 12.1 Å². The summed E-state index contributed by atoms with van der Waals surface area (Å²) in [6, 6.07) is 19.1. The average molecular weight is 376 g/mol. The molecule has 0 atom stereocenters. The number of nitrogens with one attached hydrogen (secondary N) is 1. The zero-order valence-electron chi connectivity index (χ0n) is 14.8. The Morgan fingerprint density at radius 1 is 1.07 bits per heavy atom. The zero-order valence-corrected chi connectivity index (χ0v) is 15.6. The maximum absolute atomic E-state index is 12.3. The fourth-order valence-corrected chi connectivity index (χ4v) is 3.24. The van der Waals surface area contributed by atoms with Crippen molar-refractivity contribution in [3.63, 3.8) is 0 Å². The van der Waals surface area contributed by atoms with E-state index in [1.807, 2.05) is 78.3 Å². The summed E-state index contributed by atoms with van der Waals surface area (Å²) in [5, 5.41) is 3.51. The predicted octanol–water partition coefficient (Wildman–Crippen LogP) is 5.14. The van der Waals surface area contributed by atoms with Crippen molar-refractivity contribution in [2.75, 3.05) is 5.32 Å². The second-order valence-corrected chi connectivity index (χ2v) is 6.85. The van der Waals surface area contributed by atoms with Crippen LogP contribution in [0.3, 0.4) is 0 Å². The lowest BCUT2D eigenvalue weighted by molar-refractivity contribution is -0.115. The average Bonchev–Trinajstić information content (AvgIpc) is 3.10. The molecule has 0 fully saturated rings. The van der Waals surface area contributed by atoms with Gasteiger partial charge in [-0.2, -0.15) is 0 Å². The van der Waals surface area contributed by atoms with Gasteiger partial charge in [-0.3, -0.25) is 4.79 Å². The summed E-state index contributed by atoms with van der Waals surface area (Å²) in [6.45, 7) is 2.05. The molecular weight excluding hydrogens is 358 g/mol. The van der Waals surface area contributed by atoms with Crippen LogP contribution in [0.25, 0.3) is 16.9 Å². The van der Waals surface area contributed by atoms with E-state index in [0.717, 1.165) is 33.7 Å². The Balaban J connectivity index is 1.49. The number of fused-ring (bicyclic) bond motifs is 1. The summed E-state index contributed by atoms with van der Waals surface area (Å²) in [4.78, 5) is 17.0. The van der Waals surface area contributed by atoms with Crippen LogP contribution in [-0.4, -0.2) is 15.3 Å². The van der Waals surface area contributed by atoms with Crippen LogP contribution >= 0.6 is 11.6 Å². The molecule has 27 heavy (non-hydrogen) atoms. The molecule has 0 saturated carbocycles. The summed E-state index contributed by atoms with van der Waals surface area (Å²) >= 11 is 6.12. The van der Waals surface area contributed by atoms with Crippen LogP contribution in [0.2, 0.25) is 5.02 Å². The van der Waals surface area contributed by atoms with Gasteiger partial charge in [0, 0.05) is 28.7 Å². The van der Waals surface area contributed by atoms with E-state index in [9.17, 15) is 4.79 Å². The largest absolute Gasteiger partial charge is 0.326 e. The van der Waals surface area contributed by atoms with E-state index in [0.29, 0.717) is 5.02 Å². The van der Waals surface area contributed by atoms with E-state index in [2.05, 4.69) is 5.32 Å². The molecule has 0 spiro atoms. The highest BCUT2D eigenvalue weighted by molar-refractivity contribution is 6.31. The maximum Gasteiger partial charge on any atom is 0.228 e. The molecule has 1 N–H and O–H groups in total.